The summed E-state index contributed by atoms with van der Waals surface area (Å²) in [5, 5.41) is 61.8. The van der Waals surface area contributed by atoms with Gasteiger partial charge in [0.05, 0.1) is 18.1 Å². The lowest BCUT2D eigenvalue weighted by atomic mass is 9.78. The van der Waals surface area contributed by atoms with E-state index >= 15 is 0 Å². The van der Waals surface area contributed by atoms with E-state index in [9.17, 15) is 39.8 Å². The zero-order chi connectivity index (χ0) is 32.5. The maximum absolute atomic E-state index is 13.4. The summed E-state index contributed by atoms with van der Waals surface area (Å²) in [5.74, 6) is -0.790. The maximum Gasteiger partial charge on any atom is 0.233 e. The lowest BCUT2D eigenvalue weighted by Crippen LogP contribution is -2.58. The highest BCUT2D eigenvalue weighted by Crippen LogP contribution is 2.46. The second-order valence-electron chi connectivity index (χ2n) is 11.9. The average Bonchev–Trinajstić information content (AvgIpc) is 3.08. The van der Waals surface area contributed by atoms with E-state index in [0.717, 1.165) is 22.4 Å². The van der Waals surface area contributed by atoms with E-state index in [2.05, 4.69) is 0 Å². The quantitative estimate of drug-likeness (QED) is 0.154. The van der Waals surface area contributed by atoms with Crippen molar-refractivity contribution in [3.05, 3.63) is 126 Å². The number of carbonyl (C=O) groups is 1. The summed E-state index contributed by atoms with van der Waals surface area (Å²) in [6, 6.07) is 29.4. The van der Waals surface area contributed by atoms with Crippen molar-refractivity contribution in [3.8, 4) is 11.1 Å². The molecule has 2 saturated heterocycles. The zero-order valence-corrected chi connectivity index (χ0v) is 24.8. The molecule has 4 aromatic carbocycles. The van der Waals surface area contributed by atoms with Crippen LogP contribution in [0.5, 0.6) is 0 Å². The molecule has 0 aliphatic carbocycles. The molecule has 10 heteroatoms. The van der Waals surface area contributed by atoms with Crippen LogP contribution in [0.15, 0.2) is 103 Å². The van der Waals surface area contributed by atoms with Crippen LogP contribution in [-0.2, 0) is 9.53 Å². The number of carbonyl (C=O) groups excluding carboxylic acids is 1. The van der Waals surface area contributed by atoms with Crippen LogP contribution in [0.1, 0.15) is 47.8 Å². The largest absolute Gasteiger partial charge is 0.388 e. The molecular weight excluding hydrogens is 593 g/mol. The first-order valence-electron chi connectivity index (χ1n) is 15.2. The van der Waals surface area contributed by atoms with Crippen LogP contribution >= 0.6 is 0 Å². The molecule has 6 rings (SSSR count). The first kappa shape index (κ1) is 32.0. The molecule has 0 radical (unpaired) electrons. The number of halogens is 1. The van der Waals surface area contributed by atoms with Crippen LogP contribution in [0.4, 0.5) is 10.1 Å². The minimum absolute atomic E-state index is 0.0388. The van der Waals surface area contributed by atoms with Gasteiger partial charge in [0.2, 0.25) is 5.91 Å². The molecule has 0 bridgehead atoms. The number of nitrogens with zero attached hydrogens (tertiary/aromatic N) is 1. The molecule has 9 nitrogen and oxygen atoms in total. The van der Waals surface area contributed by atoms with Gasteiger partial charge in [0, 0.05) is 5.69 Å². The van der Waals surface area contributed by atoms with Crippen molar-refractivity contribution in [2.75, 3.05) is 4.90 Å². The fraction of sp³-hybridized carbons (Fsp3) is 0.306. The summed E-state index contributed by atoms with van der Waals surface area (Å²) < 4.78 is 18.6. The molecule has 6 N–H and O–H groups in total. The van der Waals surface area contributed by atoms with Gasteiger partial charge in [-0.25, -0.2) is 4.39 Å². The predicted octanol–water partition coefficient (Wildman–Crippen LogP) is 3.54. The van der Waals surface area contributed by atoms with Crippen molar-refractivity contribution in [1.29, 1.82) is 0 Å². The number of aliphatic hydroxyl groups excluding tert-OH is 6. The molecule has 240 valence electrons. The standard InChI is InChI=1S/C36H36FNO8/c37-25-15-13-21(14-16-25)28(39)18-17-27-29(38(35(27)44)26-7-2-1-3-8-26)22-11-9-20(10-12-22)23-5-4-6-24(19-23)30(40)34-32(42)31(41)33(43)36(45)46-34/h1-16,19,27-34,36,39-43,45H,17-18H2/t27-,28+,29-,30-,31+,32+,33-,34-,36?/m1/s1. The number of hydrogen-bond acceptors (Lipinski definition) is 8. The SMILES string of the molecule is O=C1[C@H](CC[C@H](O)c2ccc(F)cc2)[C@@H](c2ccc(-c3cccc([C@@H](O)[C@H]4OC(O)[C@H](O)[C@@H](O)[C@@H]4O)c3)cc2)N1c1ccccc1. The monoisotopic (exact) mass is 629 g/mol. The third-order valence-electron chi connectivity index (χ3n) is 9.00. The zero-order valence-electron chi connectivity index (χ0n) is 24.8. The van der Waals surface area contributed by atoms with Crippen LogP contribution in [0, 0.1) is 11.7 Å². The molecule has 4 aromatic rings. The van der Waals surface area contributed by atoms with E-state index in [4.69, 9.17) is 4.74 Å². The van der Waals surface area contributed by atoms with Gasteiger partial charge >= 0.3 is 0 Å². The summed E-state index contributed by atoms with van der Waals surface area (Å²) >= 11 is 0. The molecule has 46 heavy (non-hydrogen) atoms. The Morgan fingerprint density at radius 3 is 2.13 bits per heavy atom. The molecule has 1 unspecified atom stereocenters. The highest BCUT2D eigenvalue weighted by molar-refractivity contribution is 6.03. The van der Waals surface area contributed by atoms with Crippen molar-refractivity contribution in [3.63, 3.8) is 0 Å². The Labute approximate surface area is 265 Å². The van der Waals surface area contributed by atoms with Crippen LogP contribution in [0.2, 0.25) is 0 Å². The minimum atomic E-state index is -1.77. The van der Waals surface area contributed by atoms with Crippen LogP contribution in [0.3, 0.4) is 0 Å². The molecule has 2 fully saturated rings. The van der Waals surface area contributed by atoms with Gasteiger partial charge in [-0.15, -0.1) is 0 Å². The summed E-state index contributed by atoms with van der Waals surface area (Å²) in [6.07, 6.45) is -9.63. The third-order valence-corrected chi connectivity index (χ3v) is 9.00. The Kier molecular flexibility index (Phi) is 9.30. The molecule has 0 spiro atoms. The topological polar surface area (TPSA) is 151 Å². The van der Waals surface area contributed by atoms with Crippen molar-refractivity contribution in [2.45, 2.75) is 61.8 Å². The van der Waals surface area contributed by atoms with E-state index in [0.29, 0.717) is 24.0 Å². The van der Waals surface area contributed by atoms with E-state index in [1.165, 1.54) is 12.1 Å². The van der Waals surface area contributed by atoms with Crippen molar-refractivity contribution in [1.82, 2.24) is 0 Å². The van der Waals surface area contributed by atoms with E-state index in [-0.39, 0.29) is 23.7 Å². The molecule has 2 aliphatic heterocycles. The summed E-state index contributed by atoms with van der Waals surface area (Å²) in [5.41, 5.74) is 4.21. The second-order valence-corrected chi connectivity index (χ2v) is 11.9. The van der Waals surface area contributed by atoms with E-state index in [1.54, 1.807) is 35.2 Å². The number of hydrogen-bond donors (Lipinski definition) is 6. The number of β-lactam (4-membered cyclic amide) rings is 1. The second kappa shape index (κ2) is 13.4. The molecule has 9 atom stereocenters. The number of benzene rings is 4. The highest BCUT2D eigenvalue weighted by atomic mass is 19.1. The van der Waals surface area contributed by atoms with Gasteiger partial charge in [0.25, 0.3) is 0 Å². The third kappa shape index (κ3) is 6.21. The summed E-state index contributed by atoms with van der Waals surface area (Å²) in [4.78, 5) is 15.2. The summed E-state index contributed by atoms with van der Waals surface area (Å²) in [6.45, 7) is 0. The molecular formula is C36H36FNO8. The Bertz CT molecular complexity index is 1640. The van der Waals surface area contributed by atoms with Crippen molar-refractivity contribution in [2.24, 2.45) is 5.92 Å². The Morgan fingerprint density at radius 2 is 1.43 bits per heavy atom. The predicted molar refractivity (Wildman–Crippen MR) is 166 cm³/mol. The Morgan fingerprint density at radius 1 is 0.739 bits per heavy atom. The highest BCUT2D eigenvalue weighted by Gasteiger charge is 2.49. The maximum atomic E-state index is 13.4. The number of amides is 1. The Balaban J connectivity index is 1.21. The normalized spacial score (nSPS) is 27.6. The van der Waals surface area contributed by atoms with Gasteiger partial charge in [0.1, 0.15) is 36.3 Å². The van der Waals surface area contributed by atoms with Gasteiger partial charge in [-0.1, -0.05) is 72.8 Å². The number of rotatable bonds is 9. The minimum Gasteiger partial charge on any atom is -0.388 e. The first-order chi connectivity index (χ1) is 22.1. The smallest absolute Gasteiger partial charge is 0.233 e. The van der Waals surface area contributed by atoms with Gasteiger partial charge in [0.15, 0.2) is 6.29 Å². The number of ether oxygens (including phenoxy) is 1. The number of anilines is 1. The van der Waals surface area contributed by atoms with E-state index < -0.39 is 42.9 Å². The van der Waals surface area contributed by atoms with Gasteiger partial charge < -0.3 is 40.3 Å². The van der Waals surface area contributed by atoms with Gasteiger partial charge in [-0.2, -0.15) is 0 Å². The van der Waals surface area contributed by atoms with Crippen LogP contribution < -0.4 is 4.90 Å². The number of aliphatic hydroxyl groups is 6. The van der Waals surface area contributed by atoms with E-state index in [1.807, 2.05) is 60.7 Å². The molecule has 1 amide bonds. The molecule has 0 aromatic heterocycles. The number of para-hydroxylation sites is 1. The lowest BCUT2D eigenvalue weighted by molar-refractivity contribution is -0.297. The van der Waals surface area contributed by atoms with Crippen LogP contribution in [-0.4, -0.2) is 67.3 Å². The van der Waals surface area contributed by atoms with Crippen LogP contribution in [0.25, 0.3) is 11.1 Å². The van der Waals surface area contributed by atoms with Crippen molar-refractivity contribution >= 4 is 11.6 Å². The summed E-state index contributed by atoms with van der Waals surface area (Å²) in [7, 11) is 0. The molecule has 2 aliphatic rings. The fourth-order valence-electron chi connectivity index (χ4n) is 6.39. The van der Waals surface area contributed by atoms with Crippen molar-refractivity contribution < 1.29 is 44.6 Å². The fourth-order valence-corrected chi connectivity index (χ4v) is 6.39. The Hall–Kier alpha value is -4.00. The first-order valence-corrected chi connectivity index (χ1v) is 15.2. The van der Waals surface area contributed by atoms with Gasteiger partial charge in [-0.05, 0) is 71.0 Å². The molecule has 2 heterocycles. The average molecular weight is 630 g/mol. The lowest BCUT2D eigenvalue weighted by Gasteiger charge is -2.48. The van der Waals surface area contributed by atoms with Gasteiger partial charge in [-0.3, -0.25) is 4.79 Å². The molecule has 0 saturated carbocycles.